The molecular weight excluding hydrogens is 361 g/mol. The molecule has 0 spiro atoms. The lowest BCUT2D eigenvalue weighted by molar-refractivity contribution is 0.499. The molecule has 0 aliphatic heterocycles. The lowest BCUT2D eigenvalue weighted by Gasteiger charge is -2.18. The van der Waals surface area contributed by atoms with Crippen LogP contribution in [-0.4, -0.2) is 0 Å². The Morgan fingerprint density at radius 1 is 0.850 bits per heavy atom. The average molecular weight is 375 g/mol. The molecule has 20 heavy (non-hydrogen) atoms. The number of halogens is 1. The summed E-state index contributed by atoms with van der Waals surface area (Å²) in [7, 11) is 0. The maximum absolute atomic E-state index is 5.58. The lowest BCUT2D eigenvalue weighted by atomic mass is 10.0. The summed E-state index contributed by atoms with van der Waals surface area (Å²) in [5.74, 6) is 0.912. The fraction of sp³-hybridized carbons (Fsp3) is 0.0588. The van der Waals surface area contributed by atoms with Crippen LogP contribution in [0.3, 0.4) is 0 Å². The number of furan rings is 1. The van der Waals surface area contributed by atoms with E-state index in [1.165, 1.54) is 9.13 Å². The van der Waals surface area contributed by atoms with Crippen molar-refractivity contribution < 1.29 is 4.42 Å². The van der Waals surface area contributed by atoms with Gasteiger partial charge in [0.25, 0.3) is 0 Å². The summed E-state index contributed by atoms with van der Waals surface area (Å²) in [6.07, 6.45) is 1.71. The first kappa shape index (κ1) is 13.2. The minimum Gasteiger partial charge on any atom is -0.467 e. The Morgan fingerprint density at radius 3 is 2.25 bits per heavy atom. The van der Waals surface area contributed by atoms with Crippen molar-refractivity contribution >= 4 is 28.3 Å². The smallest absolute Gasteiger partial charge is 0.130 e. The van der Waals surface area contributed by atoms with Gasteiger partial charge in [-0.2, -0.15) is 0 Å². The standard InChI is InChI=1S/C17H14INO/c18-14-8-10-15(11-9-14)19-17(16-7-4-12-20-16)13-5-2-1-3-6-13/h1-12,17,19H. The summed E-state index contributed by atoms with van der Waals surface area (Å²) < 4.78 is 6.81. The van der Waals surface area contributed by atoms with Crippen molar-refractivity contribution in [2.75, 3.05) is 5.32 Å². The minimum atomic E-state index is 0.0197. The van der Waals surface area contributed by atoms with E-state index < -0.39 is 0 Å². The van der Waals surface area contributed by atoms with E-state index in [0.717, 1.165) is 11.4 Å². The molecule has 0 saturated carbocycles. The van der Waals surface area contributed by atoms with E-state index in [2.05, 4.69) is 64.3 Å². The van der Waals surface area contributed by atoms with Gasteiger partial charge >= 0.3 is 0 Å². The van der Waals surface area contributed by atoms with E-state index in [4.69, 9.17) is 4.42 Å². The van der Waals surface area contributed by atoms with Crippen LogP contribution in [0.15, 0.2) is 77.4 Å². The summed E-state index contributed by atoms with van der Waals surface area (Å²) in [4.78, 5) is 0. The fourth-order valence-electron chi connectivity index (χ4n) is 2.13. The van der Waals surface area contributed by atoms with Gasteiger partial charge in [0.15, 0.2) is 0 Å². The molecule has 3 rings (SSSR count). The van der Waals surface area contributed by atoms with Crippen molar-refractivity contribution in [3.05, 3.63) is 87.9 Å². The van der Waals surface area contributed by atoms with E-state index in [0.29, 0.717) is 0 Å². The molecule has 100 valence electrons. The van der Waals surface area contributed by atoms with E-state index in [9.17, 15) is 0 Å². The molecule has 0 aliphatic carbocycles. The molecule has 0 bridgehead atoms. The Bertz CT molecular complexity index is 647. The highest BCUT2D eigenvalue weighted by Gasteiger charge is 2.16. The zero-order chi connectivity index (χ0) is 13.8. The highest BCUT2D eigenvalue weighted by atomic mass is 127. The van der Waals surface area contributed by atoms with E-state index in [1.807, 2.05) is 30.3 Å². The van der Waals surface area contributed by atoms with Crippen LogP contribution in [-0.2, 0) is 0 Å². The zero-order valence-corrected chi connectivity index (χ0v) is 12.9. The molecular formula is C17H14INO. The number of benzene rings is 2. The molecule has 2 aromatic carbocycles. The molecule has 3 aromatic rings. The van der Waals surface area contributed by atoms with Crippen LogP contribution < -0.4 is 5.32 Å². The zero-order valence-electron chi connectivity index (χ0n) is 10.8. The van der Waals surface area contributed by atoms with Crippen molar-refractivity contribution in [3.8, 4) is 0 Å². The Hall–Kier alpha value is -1.75. The second-order valence-electron chi connectivity index (χ2n) is 4.51. The third-order valence-corrected chi connectivity index (χ3v) is 3.83. The van der Waals surface area contributed by atoms with Crippen LogP contribution in [0.4, 0.5) is 5.69 Å². The van der Waals surface area contributed by atoms with Crippen LogP contribution in [0, 0.1) is 3.57 Å². The monoisotopic (exact) mass is 375 g/mol. The number of hydrogen-bond acceptors (Lipinski definition) is 2. The van der Waals surface area contributed by atoms with E-state index >= 15 is 0 Å². The number of hydrogen-bond donors (Lipinski definition) is 1. The summed E-state index contributed by atoms with van der Waals surface area (Å²) in [6, 6.07) is 22.6. The van der Waals surface area contributed by atoms with Gasteiger partial charge in [0.2, 0.25) is 0 Å². The maximum Gasteiger partial charge on any atom is 0.130 e. The fourth-order valence-corrected chi connectivity index (χ4v) is 2.49. The topological polar surface area (TPSA) is 25.2 Å². The summed E-state index contributed by atoms with van der Waals surface area (Å²) in [5.41, 5.74) is 2.26. The average Bonchev–Trinajstić information content (AvgIpc) is 3.01. The van der Waals surface area contributed by atoms with Crippen LogP contribution >= 0.6 is 22.6 Å². The van der Waals surface area contributed by atoms with Gasteiger partial charge in [-0.05, 0) is 64.6 Å². The molecule has 1 aromatic heterocycles. The highest BCUT2D eigenvalue weighted by Crippen LogP contribution is 2.27. The van der Waals surface area contributed by atoms with Crippen LogP contribution in [0.25, 0.3) is 0 Å². The molecule has 0 aliphatic rings. The van der Waals surface area contributed by atoms with Crippen LogP contribution in [0.1, 0.15) is 17.4 Å². The van der Waals surface area contributed by atoms with Gasteiger partial charge in [-0.25, -0.2) is 0 Å². The lowest BCUT2D eigenvalue weighted by Crippen LogP contribution is -2.11. The molecule has 0 radical (unpaired) electrons. The SMILES string of the molecule is Ic1ccc(NC(c2ccccc2)c2ccco2)cc1. The third-order valence-electron chi connectivity index (χ3n) is 3.12. The summed E-state index contributed by atoms with van der Waals surface area (Å²) in [5, 5.41) is 3.53. The van der Waals surface area contributed by atoms with Crippen molar-refractivity contribution in [2.45, 2.75) is 6.04 Å². The van der Waals surface area contributed by atoms with E-state index in [1.54, 1.807) is 6.26 Å². The molecule has 1 heterocycles. The van der Waals surface area contributed by atoms with Gasteiger partial charge in [0.1, 0.15) is 11.8 Å². The second kappa shape index (κ2) is 6.13. The molecule has 0 saturated heterocycles. The molecule has 3 heteroatoms. The highest BCUT2D eigenvalue weighted by molar-refractivity contribution is 14.1. The second-order valence-corrected chi connectivity index (χ2v) is 5.76. The predicted molar refractivity (Wildman–Crippen MR) is 89.8 cm³/mol. The Labute approximate surface area is 132 Å². The van der Waals surface area contributed by atoms with Crippen molar-refractivity contribution in [2.24, 2.45) is 0 Å². The first-order valence-corrected chi connectivity index (χ1v) is 7.51. The molecule has 1 unspecified atom stereocenters. The molecule has 0 fully saturated rings. The molecule has 0 amide bonds. The minimum absolute atomic E-state index is 0.0197. The third kappa shape index (κ3) is 3.04. The summed E-state index contributed by atoms with van der Waals surface area (Å²) >= 11 is 2.31. The summed E-state index contributed by atoms with van der Waals surface area (Å²) in [6.45, 7) is 0. The Kier molecular flexibility index (Phi) is 4.06. The maximum atomic E-state index is 5.58. The van der Waals surface area contributed by atoms with E-state index in [-0.39, 0.29) is 6.04 Å². The van der Waals surface area contributed by atoms with Gasteiger partial charge in [0, 0.05) is 9.26 Å². The molecule has 1 N–H and O–H groups in total. The van der Waals surface area contributed by atoms with Crippen molar-refractivity contribution in [1.82, 2.24) is 0 Å². The largest absolute Gasteiger partial charge is 0.467 e. The molecule has 1 atom stereocenters. The normalized spacial score (nSPS) is 12.1. The predicted octanol–water partition coefficient (Wildman–Crippen LogP) is 5.09. The first-order valence-electron chi connectivity index (χ1n) is 6.43. The van der Waals surface area contributed by atoms with Gasteiger partial charge in [-0.1, -0.05) is 30.3 Å². The van der Waals surface area contributed by atoms with Gasteiger partial charge in [-0.15, -0.1) is 0 Å². The molecule has 2 nitrogen and oxygen atoms in total. The van der Waals surface area contributed by atoms with Crippen molar-refractivity contribution in [3.63, 3.8) is 0 Å². The quantitative estimate of drug-likeness (QED) is 0.643. The number of anilines is 1. The van der Waals surface area contributed by atoms with Crippen LogP contribution in [0.2, 0.25) is 0 Å². The number of nitrogens with one attached hydrogen (secondary N) is 1. The first-order chi connectivity index (χ1) is 9.83. The van der Waals surface area contributed by atoms with Crippen LogP contribution in [0.5, 0.6) is 0 Å². The number of rotatable bonds is 4. The van der Waals surface area contributed by atoms with Crippen molar-refractivity contribution in [1.29, 1.82) is 0 Å². The van der Waals surface area contributed by atoms with Gasteiger partial charge < -0.3 is 9.73 Å². The van der Waals surface area contributed by atoms with Gasteiger partial charge in [0.05, 0.1) is 6.26 Å². The Balaban J connectivity index is 1.92. The Morgan fingerprint density at radius 2 is 1.60 bits per heavy atom. The van der Waals surface area contributed by atoms with Gasteiger partial charge in [-0.3, -0.25) is 0 Å².